The number of rotatable bonds is 17. The number of fused-ring (bicyclic) bond motifs is 2. The fourth-order valence-corrected chi connectivity index (χ4v) is 12.8. The number of nitrogens with zero attached hydrogens (tertiary/aromatic N) is 9. The topological polar surface area (TPSA) is 279 Å². The van der Waals surface area contributed by atoms with Gasteiger partial charge in [0.05, 0.1) is 21.9 Å². The standard InChI is InChI=1S/C60H82N14O9S/c1-36-37(2)69-70-51(36)68-52-44-30-49(84(80,81)60(7,8)9)48(31-46(44)63-35-64-52)82-28-27-72-23-25-73(26-24-72)57-61-32-41(33-62-57)54(76)65-42-29-47(55(77)66-45-22-16-20-39-17-14-15-21-43(39)45)74(34-42)56(78)50(40-18-12-11-13-19-40)67-53(75)38(3)71(10)58(79)83-59(4,5)6/h14-15,17,21,30-33,35,38,40,42,45,47,50H,11-13,16,18-20,22-29,34H2,1-10H3,(H,65,76)(H,66,77)(H,67,75)(H2,63,64,68,69,70)/t38-,42-,45+,47-,50?/m0/s1. The van der Waals surface area contributed by atoms with Crippen LogP contribution < -0.4 is 30.9 Å². The van der Waals surface area contributed by atoms with Crippen LogP contribution in [0, 0.1) is 19.8 Å². The van der Waals surface area contributed by atoms with Gasteiger partial charge in [0, 0.05) is 87.5 Å². The highest BCUT2D eigenvalue weighted by atomic mass is 32.2. The van der Waals surface area contributed by atoms with Crippen molar-refractivity contribution in [3.05, 3.63) is 83.1 Å². The van der Waals surface area contributed by atoms with Crippen molar-refractivity contribution in [2.45, 2.75) is 166 Å². The lowest BCUT2D eigenvalue weighted by atomic mass is 9.83. The van der Waals surface area contributed by atoms with Crippen molar-refractivity contribution in [2.24, 2.45) is 5.92 Å². The molecule has 2 aliphatic carbocycles. The third-order valence-corrected chi connectivity index (χ3v) is 19.3. The summed E-state index contributed by atoms with van der Waals surface area (Å²) in [6.07, 6.45) is 10.5. The number of anilines is 3. The number of carbonyl (C=O) groups is 5. The van der Waals surface area contributed by atoms with E-state index in [9.17, 15) is 27.6 Å². The van der Waals surface area contributed by atoms with Crippen LogP contribution in [0.15, 0.2) is 60.0 Å². The number of hydrogen-bond acceptors (Lipinski definition) is 17. The average Bonchev–Trinajstić information content (AvgIpc) is 4.22. The first kappa shape index (κ1) is 61.1. The molecule has 0 bridgehead atoms. The number of sulfone groups is 1. The number of likely N-dealkylation sites (tertiary alicyclic amines) is 1. The zero-order chi connectivity index (χ0) is 60.3. The van der Waals surface area contributed by atoms with Crippen molar-refractivity contribution >= 4 is 68.0 Å². The summed E-state index contributed by atoms with van der Waals surface area (Å²) in [4.78, 5) is 96.0. The molecule has 5 aromatic rings. The molecule has 2 saturated heterocycles. The van der Waals surface area contributed by atoms with E-state index in [-0.39, 0.29) is 53.6 Å². The van der Waals surface area contributed by atoms with Gasteiger partial charge in [0.25, 0.3) is 5.91 Å². The van der Waals surface area contributed by atoms with E-state index in [4.69, 9.17) is 9.47 Å². The second-order valence-corrected chi connectivity index (χ2v) is 27.4. The molecule has 5 heterocycles. The SMILES string of the molecule is Cc1[nH]nc(Nc2ncnc3cc(OCCN4CCN(c5ncc(C(=O)N[C@H]6C[C@@H](C(=O)N[C@@H]7CCCc8ccccc87)N(C(=O)C(NC(=O)[C@H](C)N(C)C(=O)OC(C)(C)C)C7CCCCC7)C6)cn5)CC4)c(S(=O)(=O)C(C)(C)C)cc23)c1C. The molecular formula is C60H82N14O9S. The molecular weight excluding hydrogens is 1090 g/mol. The first-order valence-electron chi connectivity index (χ1n) is 29.4. The first-order valence-corrected chi connectivity index (χ1v) is 30.8. The molecule has 4 aliphatic rings. The van der Waals surface area contributed by atoms with Crippen LogP contribution in [0.1, 0.15) is 139 Å². The highest BCUT2D eigenvalue weighted by Crippen LogP contribution is 2.38. The number of aryl methyl sites for hydroxylation is 2. The largest absolute Gasteiger partial charge is 0.491 e. The van der Waals surface area contributed by atoms with Crippen LogP contribution in [0.3, 0.4) is 0 Å². The predicted molar refractivity (Wildman–Crippen MR) is 318 cm³/mol. The number of H-pyrrole nitrogens is 1. The number of benzene rings is 2. The van der Waals surface area contributed by atoms with E-state index in [1.807, 2.05) is 36.9 Å². The van der Waals surface area contributed by atoms with Gasteiger partial charge in [-0.05, 0) is 124 Å². The number of aromatic nitrogens is 6. The summed E-state index contributed by atoms with van der Waals surface area (Å²) in [7, 11) is -2.40. The lowest BCUT2D eigenvalue weighted by molar-refractivity contribution is -0.143. The Hall–Kier alpha value is -7.47. The zero-order valence-electron chi connectivity index (χ0n) is 50.1. The molecule has 24 heteroatoms. The van der Waals surface area contributed by atoms with E-state index >= 15 is 4.79 Å². The van der Waals surface area contributed by atoms with Crippen LogP contribution in [-0.2, 0) is 35.4 Å². The molecule has 452 valence electrons. The number of ether oxygens (including phenoxy) is 2. The van der Waals surface area contributed by atoms with E-state index < -0.39 is 68.2 Å². The number of carbonyl (C=O) groups excluding carboxylic acids is 5. The number of likely N-dealkylation sites (N-methyl/N-ethyl adjacent to an activating group) is 1. The molecule has 1 unspecified atom stereocenters. The van der Waals surface area contributed by atoms with Crippen LogP contribution in [0.25, 0.3) is 10.9 Å². The minimum Gasteiger partial charge on any atom is -0.491 e. The zero-order valence-corrected chi connectivity index (χ0v) is 50.9. The van der Waals surface area contributed by atoms with Crippen LogP contribution in [-0.4, -0.2) is 170 Å². The van der Waals surface area contributed by atoms with Gasteiger partial charge in [-0.2, -0.15) is 5.10 Å². The summed E-state index contributed by atoms with van der Waals surface area (Å²) in [5, 5.41) is 20.4. The molecule has 3 aromatic heterocycles. The molecule has 2 aromatic carbocycles. The average molecular weight is 1180 g/mol. The highest BCUT2D eigenvalue weighted by Gasteiger charge is 2.46. The highest BCUT2D eigenvalue weighted by molar-refractivity contribution is 7.92. The van der Waals surface area contributed by atoms with Crippen LogP contribution in [0.4, 0.5) is 22.4 Å². The molecule has 9 rings (SSSR count). The molecule has 3 fully saturated rings. The molecule has 0 spiro atoms. The molecule has 23 nitrogen and oxygen atoms in total. The molecule has 2 aliphatic heterocycles. The molecule has 1 saturated carbocycles. The molecule has 5 N–H and O–H groups in total. The van der Waals surface area contributed by atoms with Crippen LogP contribution in [0.2, 0.25) is 0 Å². The summed E-state index contributed by atoms with van der Waals surface area (Å²) < 4.78 is 38.9. The van der Waals surface area contributed by atoms with Crippen molar-refractivity contribution < 1.29 is 41.9 Å². The Bertz CT molecular complexity index is 3330. The first-order chi connectivity index (χ1) is 39.9. The number of piperazine rings is 1. The van der Waals surface area contributed by atoms with Crippen molar-refractivity contribution in [3.63, 3.8) is 0 Å². The summed E-state index contributed by atoms with van der Waals surface area (Å²) >= 11 is 0. The van der Waals surface area contributed by atoms with Gasteiger partial charge in [0.2, 0.25) is 23.7 Å². The van der Waals surface area contributed by atoms with E-state index in [0.717, 1.165) is 55.3 Å². The second kappa shape index (κ2) is 25.4. The maximum Gasteiger partial charge on any atom is 0.410 e. The van der Waals surface area contributed by atoms with E-state index in [1.54, 1.807) is 60.6 Å². The van der Waals surface area contributed by atoms with Gasteiger partial charge in [-0.1, -0.05) is 43.5 Å². The number of aromatic amines is 1. The Morgan fingerprint density at radius 1 is 0.869 bits per heavy atom. The van der Waals surface area contributed by atoms with Crippen LogP contribution >= 0.6 is 0 Å². The third-order valence-electron chi connectivity index (χ3n) is 16.7. The summed E-state index contributed by atoms with van der Waals surface area (Å²) in [6, 6.07) is 7.47. The van der Waals surface area contributed by atoms with E-state index in [2.05, 4.69) is 62.4 Å². The fraction of sp³-hybridized carbons (Fsp3) is 0.567. The Labute approximate surface area is 492 Å². The Kier molecular flexibility index (Phi) is 18.5. The quantitative estimate of drug-likeness (QED) is 0.0665. The Balaban J connectivity index is 0.843. The molecule has 5 atom stereocenters. The van der Waals surface area contributed by atoms with Crippen molar-refractivity contribution in [1.29, 1.82) is 0 Å². The number of amides is 5. The van der Waals surface area contributed by atoms with Crippen molar-refractivity contribution in [1.82, 2.24) is 60.8 Å². The number of nitrogens with one attached hydrogen (secondary N) is 5. The third kappa shape index (κ3) is 13.9. The number of hydrogen-bond donors (Lipinski definition) is 5. The minimum atomic E-state index is -3.88. The monoisotopic (exact) mass is 1170 g/mol. The predicted octanol–water partition coefficient (Wildman–Crippen LogP) is 6.49. The summed E-state index contributed by atoms with van der Waals surface area (Å²) in [5.74, 6) is -0.300. The Morgan fingerprint density at radius 2 is 1.58 bits per heavy atom. The van der Waals surface area contributed by atoms with E-state index in [1.165, 1.54) is 41.1 Å². The van der Waals surface area contributed by atoms with E-state index in [0.29, 0.717) is 74.1 Å². The van der Waals surface area contributed by atoms with Crippen LogP contribution in [0.5, 0.6) is 5.75 Å². The Morgan fingerprint density at radius 3 is 2.26 bits per heavy atom. The van der Waals surface area contributed by atoms with Gasteiger partial charge in [0.15, 0.2) is 15.7 Å². The van der Waals surface area contributed by atoms with Gasteiger partial charge in [-0.3, -0.25) is 34.1 Å². The van der Waals surface area contributed by atoms with Gasteiger partial charge in [-0.25, -0.2) is 33.1 Å². The normalized spacial score (nSPS) is 19.7. The minimum absolute atomic E-state index is 0.0182. The summed E-state index contributed by atoms with van der Waals surface area (Å²) in [6.45, 7) is 18.8. The maximum absolute atomic E-state index is 15.1. The molecule has 0 radical (unpaired) electrons. The molecule has 84 heavy (non-hydrogen) atoms. The smallest absolute Gasteiger partial charge is 0.410 e. The summed E-state index contributed by atoms with van der Waals surface area (Å²) in [5.41, 5.74) is 3.94. The maximum atomic E-state index is 15.1. The second-order valence-electron chi connectivity index (χ2n) is 24.8. The lowest BCUT2D eigenvalue weighted by Crippen LogP contribution is -2.59. The lowest BCUT2D eigenvalue weighted by Gasteiger charge is -2.36. The molecule has 5 amide bonds. The fourth-order valence-electron chi connectivity index (χ4n) is 11.4. The van der Waals surface area contributed by atoms with Crippen molar-refractivity contribution in [2.75, 3.05) is 63.1 Å². The van der Waals surface area contributed by atoms with Gasteiger partial charge in [-0.15, -0.1) is 0 Å². The van der Waals surface area contributed by atoms with Gasteiger partial charge in [0.1, 0.15) is 53.1 Å². The van der Waals surface area contributed by atoms with Gasteiger partial charge < -0.3 is 40.5 Å². The van der Waals surface area contributed by atoms with Crippen molar-refractivity contribution in [3.8, 4) is 5.75 Å². The van der Waals surface area contributed by atoms with Gasteiger partial charge >= 0.3 is 6.09 Å².